The van der Waals surface area contributed by atoms with Gasteiger partial charge in [-0.05, 0) is 83.6 Å². The Morgan fingerprint density at radius 1 is 1.09 bits per heavy atom. The molecule has 0 heterocycles. The first-order chi connectivity index (χ1) is 16.6. The van der Waals surface area contributed by atoms with Crippen molar-refractivity contribution in [2.75, 3.05) is 23.8 Å². The predicted octanol–water partition coefficient (Wildman–Crippen LogP) is 4.92. The summed E-state index contributed by atoms with van der Waals surface area (Å²) in [5, 5.41) is 4.91. The molecule has 0 unspecified atom stereocenters. The van der Waals surface area contributed by atoms with E-state index in [1.807, 2.05) is 6.92 Å². The molecule has 184 valence electrons. The van der Waals surface area contributed by atoms with Crippen molar-refractivity contribution >= 4 is 60.6 Å². The molecule has 0 saturated carbocycles. The Kier molecular flexibility index (Phi) is 8.65. The second-order valence-corrected chi connectivity index (χ2v) is 9.88. The number of nitrogens with one attached hydrogen (secondary N) is 3. The van der Waals surface area contributed by atoms with Crippen LogP contribution in [0.3, 0.4) is 0 Å². The Morgan fingerprint density at radius 3 is 2.46 bits per heavy atom. The molecule has 3 N–H and O–H groups in total. The van der Waals surface area contributed by atoms with Crippen LogP contribution >= 0.6 is 28.1 Å². The number of hydrogen-bond acceptors (Lipinski definition) is 6. The highest BCUT2D eigenvalue weighted by atomic mass is 79.9. The highest BCUT2D eigenvalue weighted by Gasteiger charge is 2.19. The molecule has 0 aliphatic carbocycles. The molecule has 35 heavy (non-hydrogen) atoms. The Morgan fingerprint density at radius 2 is 1.80 bits per heavy atom. The van der Waals surface area contributed by atoms with Crippen LogP contribution in [0.5, 0.6) is 11.5 Å². The second kappa shape index (κ2) is 11.5. The van der Waals surface area contributed by atoms with Gasteiger partial charge in [0, 0.05) is 0 Å². The lowest BCUT2D eigenvalue weighted by molar-refractivity contribution is 0.0974. The summed E-state index contributed by atoms with van der Waals surface area (Å²) in [6, 6.07) is 14.3. The van der Waals surface area contributed by atoms with Crippen molar-refractivity contribution in [1.82, 2.24) is 5.32 Å². The summed E-state index contributed by atoms with van der Waals surface area (Å²) in [6.07, 6.45) is 0. The van der Waals surface area contributed by atoms with E-state index in [2.05, 4.69) is 31.3 Å². The zero-order valence-electron chi connectivity index (χ0n) is 18.6. The number of rotatable bonds is 8. The van der Waals surface area contributed by atoms with Crippen molar-refractivity contribution in [3.8, 4) is 11.5 Å². The van der Waals surface area contributed by atoms with Crippen molar-refractivity contribution in [3.63, 3.8) is 0 Å². The smallest absolute Gasteiger partial charge is 0.261 e. The standard InChI is InChI=1S/C23H21BrFN3O5S2/c1-3-33-20-10-8-14(12-17(20)24)28-35(30,31)15-9-11-21(32-2)19(13-15)26-23(34)27-22(29)16-6-4-5-7-18(16)25/h4-13,28H,3H2,1-2H3,(H2,26,27,29,34). The van der Waals surface area contributed by atoms with E-state index in [9.17, 15) is 17.6 Å². The number of methoxy groups -OCH3 is 1. The molecule has 1 amide bonds. The molecule has 0 aliphatic rings. The SMILES string of the molecule is CCOc1ccc(NS(=O)(=O)c2ccc(OC)c(NC(=S)NC(=O)c3ccccc3F)c2)cc1Br. The fourth-order valence-corrected chi connectivity index (χ4v) is 4.74. The van der Waals surface area contributed by atoms with Crippen molar-refractivity contribution in [2.45, 2.75) is 11.8 Å². The highest BCUT2D eigenvalue weighted by Crippen LogP contribution is 2.31. The number of halogens is 2. The number of carbonyl (C=O) groups is 1. The van der Waals surface area contributed by atoms with Crippen LogP contribution in [0, 0.1) is 5.82 Å². The van der Waals surface area contributed by atoms with Crippen LogP contribution < -0.4 is 24.8 Å². The molecule has 0 aromatic heterocycles. The molecule has 0 atom stereocenters. The van der Waals surface area contributed by atoms with Gasteiger partial charge in [0.05, 0.1) is 40.0 Å². The lowest BCUT2D eigenvalue weighted by atomic mass is 10.2. The summed E-state index contributed by atoms with van der Waals surface area (Å²) in [5.41, 5.74) is 0.311. The second-order valence-electron chi connectivity index (χ2n) is 6.93. The Hall–Kier alpha value is -3.22. The van der Waals surface area contributed by atoms with Gasteiger partial charge in [-0.25, -0.2) is 12.8 Å². The average molecular weight is 582 g/mol. The van der Waals surface area contributed by atoms with Crippen molar-refractivity contribution in [3.05, 3.63) is 76.5 Å². The maximum absolute atomic E-state index is 13.9. The highest BCUT2D eigenvalue weighted by molar-refractivity contribution is 9.10. The van der Waals surface area contributed by atoms with Gasteiger partial charge in [0.1, 0.15) is 17.3 Å². The summed E-state index contributed by atoms with van der Waals surface area (Å²) in [4.78, 5) is 12.2. The van der Waals surface area contributed by atoms with Crippen LogP contribution in [-0.2, 0) is 10.0 Å². The zero-order chi connectivity index (χ0) is 25.6. The summed E-state index contributed by atoms with van der Waals surface area (Å²) in [7, 11) is -2.60. The van der Waals surface area contributed by atoms with Gasteiger partial charge in [0.25, 0.3) is 15.9 Å². The largest absolute Gasteiger partial charge is 0.495 e. The number of thiocarbonyl (C=S) groups is 1. The van der Waals surface area contributed by atoms with Crippen molar-refractivity contribution in [2.24, 2.45) is 0 Å². The van der Waals surface area contributed by atoms with E-state index >= 15 is 0 Å². The lowest BCUT2D eigenvalue weighted by Crippen LogP contribution is -2.34. The Labute approximate surface area is 216 Å². The van der Waals surface area contributed by atoms with E-state index in [1.54, 1.807) is 18.2 Å². The molecule has 8 nitrogen and oxygen atoms in total. The van der Waals surface area contributed by atoms with E-state index in [-0.39, 0.29) is 27.0 Å². The van der Waals surface area contributed by atoms with Gasteiger partial charge < -0.3 is 14.8 Å². The van der Waals surface area contributed by atoms with E-state index < -0.39 is 21.7 Å². The summed E-state index contributed by atoms with van der Waals surface area (Å²) in [5.74, 6) is -0.607. The fourth-order valence-electron chi connectivity index (χ4n) is 2.97. The number of amides is 1. The summed E-state index contributed by atoms with van der Waals surface area (Å²) >= 11 is 8.50. The molecule has 0 spiro atoms. The van der Waals surface area contributed by atoms with Gasteiger partial charge in [-0.1, -0.05) is 12.1 Å². The molecule has 0 fully saturated rings. The van der Waals surface area contributed by atoms with E-state index in [0.29, 0.717) is 22.5 Å². The molecular formula is C23H21BrFN3O5S2. The normalized spacial score (nSPS) is 10.9. The van der Waals surface area contributed by atoms with Crippen LogP contribution in [-0.4, -0.2) is 33.2 Å². The molecule has 0 bridgehead atoms. The maximum atomic E-state index is 13.9. The predicted molar refractivity (Wildman–Crippen MR) is 139 cm³/mol. The first kappa shape index (κ1) is 26.4. The Bertz CT molecular complexity index is 1370. The molecule has 3 aromatic rings. The molecular weight excluding hydrogens is 561 g/mol. The molecule has 3 rings (SSSR count). The fraction of sp³-hybridized carbons (Fsp3) is 0.130. The molecule has 3 aromatic carbocycles. The minimum absolute atomic E-state index is 0.0889. The zero-order valence-corrected chi connectivity index (χ0v) is 21.8. The number of ether oxygens (including phenoxy) is 2. The minimum Gasteiger partial charge on any atom is -0.495 e. The van der Waals surface area contributed by atoms with Gasteiger partial charge in [0.15, 0.2) is 5.11 Å². The van der Waals surface area contributed by atoms with Crippen molar-refractivity contribution in [1.29, 1.82) is 0 Å². The van der Waals surface area contributed by atoms with E-state index in [1.165, 1.54) is 43.5 Å². The van der Waals surface area contributed by atoms with Crippen molar-refractivity contribution < 1.29 is 27.1 Å². The van der Waals surface area contributed by atoms with Gasteiger partial charge in [-0.3, -0.25) is 14.8 Å². The summed E-state index contributed by atoms with van der Waals surface area (Å²) in [6.45, 7) is 2.31. The number of anilines is 2. The third-order valence-electron chi connectivity index (χ3n) is 4.56. The molecule has 0 aliphatic heterocycles. The van der Waals surface area contributed by atoms with Gasteiger partial charge in [0.2, 0.25) is 0 Å². The lowest BCUT2D eigenvalue weighted by Gasteiger charge is -2.15. The molecule has 0 radical (unpaired) electrons. The number of benzene rings is 3. The number of carbonyl (C=O) groups excluding carboxylic acids is 1. The third kappa shape index (κ3) is 6.68. The van der Waals surface area contributed by atoms with E-state index in [0.717, 1.165) is 6.07 Å². The Balaban J connectivity index is 1.79. The number of sulfonamides is 1. The third-order valence-corrected chi connectivity index (χ3v) is 6.76. The number of hydrogen-bond donors (Lipinski definition) is 3. The topological polar surface area (TPSA) is 106 Å². The van der Waals surface area contributed by atoms with Crippen LogP contribution in [0.4, 0.5) is 15.8 Å². The maximum Gasteiger partial charge on any atom is 0.261 e. The van der Waals surface area contributed by atoms with Gasteiger partial charge in [-0.15, -0.1) is 0 Å². The average Bonchev–Trinajstić information content (AvgIpc) is 2.80. The molecule has 12 heteroatoms. The molecule has 0 saturated heterocycles. The van der Waals surface area contributed by atoms with Crippen LogP contribution in [0.1, 0.15) is 17.3 Å². The van der Waals surface area contributed by atoms with E-state index in [4.69, 9.17) is 21.7 Å². The summed E-state index contributed by atoms with van der Waals surface area (Å²) < 4.78 is 53.6. The minimum atomic E-state index is -4.00. The van der Waals surface area contributed by atoms with Gasteiger partial charge >= 0.3 is 0 Å². The quantitative estimate of drug-likeness (QED) is 0.324. The first-order valence-corrected chi connectivity index (χ1v) is 12.8. The van der Waals surface area contributed by atoms with Crippen LogP contribution in [0.15, 0.2) is 70.0 Å². The first-order valence-electron chi connectivity index (χ1n) is 10.1. The monoisotopic (exact) mass is 581 g/mol. The van der Waals surface area contributed by atoms with Crippen LogP contribution in [0.25, 0.3) is 0 Å². The van der Waals surface area contributed by atoms with Gasteiger partial charge in [-0.2, -0.15) is 0 Å². The van der Waals surface area contributed by atoms with Crippen LogP contribution in [0.2, 0.25) is 0 Å².